The number of alkyl halides is 3. The highest BCUT2D eigenvalue weighted by atomic mass is 19.4. The SMILES string of the molecule is C[C@H](NC(c1ccc(N2CCNCC2)cc1)C(F)(F)F)C(=O)NCC#N. The molecular formula is C17H22F3N5O. The average Bonchev–Trinajstić information content (AvgIpc) is 2.64. The van der Waals surface area contributed by atoms with Gasteiger partial charge in [0.25, 0.3) is 0 Å². The average molecular weight is 369 g/mol. The summed E-state index contributed by atoms with van der Waals surface area (Å²) in [7, 11) is 0. The molecule has 1 unspecified atom stereocenters. The van der Waals surface area contributed by atoms with Gasteiger partial charge in [0.05, 0.1) is 12.1 Å². The van der Waals surface area contributed by atoms with Gasteiger partial charge in [-0.3, -0.25) is 10.1 Å². The van der Waals surface area contributed by atoms with E-state index in [9.17, 15) is 18.0 Å². The Labute approximate surface area is 150 Å². The number of nitrogens with zero attached hydrogens (tertiary/aromatic N) is 2. The molecule has 0 bridgehead atoms. The number of nitriles is 1. The van der Waals surface area contributed by atoms with E-state index in [1.54, 1.807) is 18.2 Å². The molecule has 3 N–H and O–H groups in total. The van der Waals surface area contributed by atoms with Gasteiger partial charge in [-0.2, -0.15) is 18.4 Å². The number of benzene rings is 1. The van der Waals surface area contributed by atoms with Crippen molar-refractivity contribution >= 4 is 11.6 Å². The molecule has 1 saturated heterocycles. The van der Waals surface area contributed by atoms with E-state index in [1.807, 2.05) is 0 Å². The molecule has 2 rings (SSSR count). The minimum atomic E-state index is -4.56. The molecule has 1 heterocycles. The zero-order valence-electron chi connectivity index (χ0n) is 14.4. The molecule has 6 nitrogen and oxygen atoms in total. The van der Waals surface area contributed by atoms with Crippen LogP contribution in [0.5, 0.6) is 0 Å². The molecular weight excluding hydrogens is 347 g/mol. The predicted octanol–water partition coefficient (Wildman–Crippen LogP) is 1.32. The van der Waals surface area contributed by atoms with Crippen LogP contribution >= 0.6 is 0 Å². The molecule has 0 aliphatic carbocycles. The van der Waals surface area contributed by atoms with E-state index < -0.39 is 24.2 Å². The van der Waals surface area contributed by atoms with Gasteiger partial charge in [-0.05, 0) is 24.6 Å². The standard InChI is InChI=1S/C17H22F3N5O/c1-12(16(26)23-7-6-21)24-15(17(18,19)20)13-2-4-14(5-3-13)25-10-8-22-9-11-25/h2-5,12,15,22,24H,7-11H2,1H3,(H,23,26)/t12-,15?/m0/s1. The molecule has 1 aliphatic rings. The maximum Gasteiger partial charge on any atom is 0.407 e. The molecule has 142 valence electrons. The Balaban J connectivity index is 2.11. The first-order valence-corrected chi connectivity index (χ1v) is 8.36. The summed E-state index contributed by atoms with van der Waals surface area (Å²) in [5.41, 5.74) is 0.910. The summed E-state index contributed by atoms with van der Waals surface area (Å²) in [6, 6.07) is 4.85. The summed E-state index contributed by atoms with van der Waals surface area (Å²) in [4.78, 5) is 13.9. The smallest absolute Gasteiger partial charge is 0.369 e. The van der Waals surface area contributed by atoms with E-state index in [1.165, 1.54) is 19.1 Å². The van der Waals surface area contributed by atoms with E-state index in [4.69, 9.17) is 5.26 Å². The monoisotopic (exact) mass is 369 g/mol. The zero-order chi connectivity index (χ0) is 19.2. The van der Waals surface area contributed by atoms with Gasteiger partial charge in [-0.1, -0.05) is 12.1 Å². The highest BCUT2D eigenvalue weighted by Gasteiger charge is 2.42. The van der Waals surface area contributed by atoms with Crippen LogP contribution in [-0.2, 0) is 4.79 Å². The van der Waals surface area contributed by atoms with E-state index >= 15 is 0 Å². The third-order valence-corrected chi connectivity index (χ3v) is 4.19. The number of amides is 1. The normalized spacial score (nSPS) is 17.3. The third kappa shape index (κ3) is 5.34. The van der Waals surface area contributed by atoms with Gasteiger partial charge in [0.2, 0.25) is 5.91 Å². The Morgan fingerprint density at radius 2 is 1.92 bits per heavy atom. The lowest BCUT2D eigenvalue weighted by atomic mass is 10.0. The van der Waals surface area contributed by atoms with Crippen LogP contribution in [0.3, 0.4) is 0 Å². The molecule has 1 aromatic carbocycles. The molecule has 26 heavy (non-hydrogen) atoms. The number of nitrogens with one attached hydrogen (secondary N) is 3. The number of hydrogen-bond acceptors (Lipinski definition) is 5. The molecule has 0 saturated carbocycles. The zero-order valence-corrected chi connectivity index (χ0v) is 14.4. The first-order valence-electron chi connectivity index (χ1n) is 8.36. The van der Waals surface area contributed by atoms with Gasteiger partial charge in [-0.15, -0.1) is 0 Å². The van der Waals surface area contributed by atoms with Crippen LogP contribution in [0, 0.1) is 11.3 Å². The second-order valence-corrected chi connectivity index (χ2v) is 6.07. The fourth-order valence-electron chi connectivity index (χ4n) is 2.79. The van der Waals surface area contributed by atoms with E-state index in [0.717, 1.165) is 31.9 Å². The van der Waals surface area contributed by atoms with Gasteiger partial charge < -0.3 is 15.5 Å². The van der Waals surface area contributed by atoms with Gasteiger partial charge in [0, 0.05) is 31.9 Å². The van der Waals surface area contributed by atoms with E-state index in [-0.39, 0.29) is 12.1 Å². The summed E-state index contributed by atoms with van der Waals surface area (Å²) in [5, 5.41) is 16.2. The van der Waals surface area contributed by atoms with Crippen molar-refractivity contribution in [3.8, 4) is 6.07 Å². The van der Waals surface area contributed by atoms with Crippen LogP contribution in [0.2, 0.25) is 0 Å². The Kier molecular flexibility index (Phi) is 6.83. The lowest BCUT2D eigenvalue weighted by Gasteiger charge is -2.30. The van der Waals surface area contributed by atoms with Crippen molar-refractivity contribution in [3.05, 3.63) is 29.8 Å². The lowest BCUT2D eigenvalue weighted by Crippen LogP contribution is -2.47. The minimum Gasteiger partial charge on any atom is -0.369 e. The molecule has 0 aromatic heterocycles. The van der Waals surface area contributed by atoms with Crippen molar-refractivity contribution < 1.29 is 18.0 Å². The van der Waals surface area contributed by atoms with Crippen molar-refractivity contribution in [1.82, 2.24) is 16.0 Å². The van der Waals surface area contributed by atoms with E-state index in [0.29, 0.717) is 0 Å². The topological polar surface area (TPSA) is 80.2 Å². The second-order valence-electron chi connectivity index (χ2n) is 6.07. The fraction of sp³-hybridized carbons (Fsp3) is 0.529. The number of anilines is 1. The molecule has 9 heteroatoms. The Morgan fingerprint density at radius 1 is 1.31 bits per heavy atom. The number of piperazine rings is 1. The molecule has 2 atom stereocenters. The van der Waals surface area contributed by atoms with Gasteiger partial charge in [-0.25, -0.2) is 0 Å². The van der Waals surface area contributed by atoms with Crippen LogP contribution in [0.15, 0.2) is 24.3 Å². The molecule has 1 aromatic rings. The molecule has 0 spiro atoms. The molecule has 1 amide bonds. The Hall–Kier alpha value is -2.31. The number of carbonyl (C=O) groups excluding carboxylic acids is 1. The highest BCUT2D eigenvalue weighted by molar-refractivity contribution is 5.81. The van der Waals surface area contributed by atoms with Crippen molar-refractivity contribution in [2.24, 2.45) is 0 Å². The third-order valence-electron chi connectivity index (χ3n) is 4.19. The summed E-state index contributed by atoms with van der Waals surface area (Å²) in [5.74, 6) is -0.654. The quantitative estimate of drug-likeness (QED) is 0.659. The number of halogens is 3. The summed E-state index contributed by atoms with van der Waals surface area (Å²) >= 11 is 0. The van der Waals surface area contributed by atoms with Crippen molar-refractivity contribution in [1.29, 1.82) is 5.26 Å². The van der Waals surface area contributed by atoms with Crippen LogP contribution in [0.4, 0.5) is 18.9 Å². The number of hydrogen-bond donors (Lipinski definition) is 3. The van der Waals surface area contributed by atoms with Crippen LogP contribution < -0.4 is 20.9 Å². The first-order chi connectivity index (χ1) is 12.3. The number of rotatable bonds is 6. The fourth-order valence-corrected chi connectivity index (χ4v) is 2.79. The Bertz CT molecular complexity index is 635. The van der Waals surface area contributed by atoms with Gasteiger partial charge in [0.15, 0.2) is 0 Å². The van der Waals surface area contributed by atoms with Crippen LogP contribution in [0.1, 0.15) is 18.5 Å². The summed E-state index contributed by atoms with van der Waals surface area (Å²) in [6.07, 6.45) is -4.56. The molecule has 1 fully saturated rings. The van der Waals surface area contributed by atoms with Crippen molar-refractivity contribution in [3.63, 3.8) is 0 Å². The largest absolute Gasteiger partial charge is 0.407 e. The summed E-state index contributed by atoms with van der Waals surface area (Å²) < 4.78 is 40.4. The first kappa shape index (κ1) is 20.0. The van der Waals surface area contributed by atoms with Crippen molar-refractivity contribution in [2.45, 2.75) is 25.2 Å². The predicted molar refractivity (Wildman–Crippen MR) is 91.5 cm³/mol. The maximum absolute atomic E-state index is 13.5. The lowest BCUT2D eigenvalue weighted by molar-refractivity contribution is -0.160. The Morgan fingerprint density at radius 3 is 2.46 bits per heavy atom. The van der Waals surface area contributed by atoms with Gasteiger partial charge in [0.1, 0.15) is 12.6 Å². The van der Waals surface area contributed by atoms with Crippen LogP contribution in [-0.4, -0.2) is 50.8 Å². The van der Waals surface area contributed by atoms with Gasteiger partial charge >= 0.3 is 6.18 Å². The number of carbonyl (C=O) groups is 1. The summed E-state index contributed by atoms with van der Waals surface area (Å²) in [6.45, 7) is 4.36. The maximum atomic E-state index is 13.5. The van der Waals surface area contributed by atoms with Crippen molar-refractivity contribution in [2.75, 3.05) is 37.6 Å². The second kappa shape index (κ2) is 8.87. The highest BCUT2D eigenvalue weighted by Crippen LogP contribution is 2.34. The van der Waals surface area contributed by atoms with Crippen LogP contribution in [0.25, 0.3) is 0 Å². The minimum absolute atomic E-state index is 0.0383. The molecule has 1 aliphatic heterocycles. The van der Waals surface area contributed by atoms with E-state index in [2.05, 4.69) is 20.9 Å². The molecule has 0 radical (unpaired) electrons.